The molecule has 2 aromatic heterocycles. The molecule has 0 aliphatic carbocycles. The number of likely N-dealkylation sites (tertiary alicyclic amines) is 1. The number of methoxy groups -OCH3 is 1. The fourth-order valence-electron chi connectivity index (χ4n) is 3.35. The second-order valence-electron chi connectivity index (χ2n) is 6.58. The third-order valence-electron chi connectivity index (χ3n) is 4.80. The first kappa shape index (κ1) is 18.4. The van der Waals surface area contributed by atoms with Gasteiger partial charge in [0, 0.05) is 13.1 Å². The summed E-state index contributed by atoms with van der Waals surface area (Å²) in [6.45, 7) is 2.31. The summed E-state index contributed by atoms with van der Waals surface area (Å²) >= 11 is 7.44. The number of piperidine rings is 1. The summed E-state index contributed by atoms with van der Waals surface area (Å²) in [6.07, 6.45) is 1.39. The number of benzene rings is 1. The van der Waals surface area contributed by atoms with Crippen LogP contribution >= 0.6 is 23.6 Å². The van der Waals surface area contributed by atoms with E-state index in [2.05, 4.69) is 11.0 Å². The molecule has 6 nitrogen and oxygen atoms in total. The highest BCUT2D eigenvalue weighted by Crippen LogP contribution is 2.31. The minimum Gasteiger partial charge on any atom is -0.495 e. The van der Waals surface area contributed by atoms with Crippen molar-refractivity contribution in [2.75, 3.05) is 20.2 Å². The molecule has 142 valence electrons. The van der Waals surface area contributed by atoms with Crippen LogP contribution in [0.2, 0.25) is 0 Å². The third-order valence-corrected chi connectivity index (χ3v) is 6.06. The van der Waals surface area contributed by atoms with Crippen LogP contribution in [-0.2, 0) is 6.67 Å². The van der Waals surface area contributed by atoms with Crippen molar-refractivity contribution in [1.82, 2.24) is 19.2 Å². The van der Waals surface area contributed by atoms with Gasteiger partial charge in [-0.15, -0.1) is 16.4 Å². The minimum atomic E-state index is -0.193. The molecule has 1 fully saturated rings. The molecule has 0 amide bonds. The van der Waals surface area contributed by atoms with E-state index in [4.69, 9.17) is 22.1 Å². The quantitative estimate of drug-likeness (QED) is 0.662. The van der Waals surface area contributed by atoms with Crippen molar-refractivity contribution in [3.8, 4) is 22.1 Å². The summed E-state index contributed by atoms with van der Waals surface area (Å²) in [5.74, 6) is 1.57. The Labute approximate surface area is 167 Å². The van der Waals surface area contributed by atoms with E-state index in [0.717, 1.165) is 48.1 Å². The van der Waals surface area contributed by atoms with Crippen LogP contribution in [0.15, 0.2) is 41.8 Å². The van der Waals surface area contributed by atoms with Gasteiger partial charge in [-0.2, -0.15) is 0 Å². The Morgan fingerprint density at radius 1 is 1.22 bits per heavy atom. The molecule has 1 aliphatic rings. The van der Waals surface area contributed by atoms with Gasteiger partial charge >= 0.3 is 0 Å². The van der Waals surface area contributed by atoms with Gasteiger partial charge < -0.3 is 9.84 Å². The fraction of sp³-hybridized carbons (Fsp3) is 0.368. The number of hydrogen-bond acceptors (Lipinski definition) is 6. The van der Waals surface area contributed by atoms with Crippen LogP contribution in [0.25, 0.3) is 16.4 Å². The molecule has 8 heteroatoms. The van der Waals surface area contributed by atoms with Gasteiger partial charge in [-0.3, -0.25) is 9.47 Å². The van der Waals surface area contributed by atoms with E-state index in [9.17, 15) is 5.11 Å². The Bertz CT molecular complexity index is 957. The van der Waals surface area contributed by atoms with Gasteiger partial charge in [-0.05, 0) is 48.6 Å². The number of aliphatic hydroxyl groups is 1. The normalized spacial score (nSPS) is 15.9. The van der Waals surface area contributed by atoms with Crippen molar-refractivity contribution in [3.05, 3.63) is 46.5 Å². The Morgan fingerprint density at radius 3 is 2.70 bits per heavy atom. The molecule has 27 heavy (non-hydrogen) atoms. The molecular weight excluding hydrogens is 380 g/mol. The van der Waals surface area contributed by atoms with Crippen molar-refractivity contribution in [3.63, 3.8) is 0 Å². The molecule has 0 atom stereocenters. The number of hydrogen-bond donors (Lipinski definition) is 1. The largest absolute Gasteiger partial charge is 0.495 e. The second-order valence-corrected chi connectivity index (χ2v) is 7.89. The van der Waals surface area contributed by atoms with Crippen LogP contribution in [0.3, 0.4) is 0 Å². The molecule has 0 unspecified atom stereocenters. The highest BCUT2D eigenvalue weighted by molar-refractivity contribution is 7.71. The topological polar surface area (TPSA) is 55.5 Å². The first-order valence-corrected chi connectivity index (χ1v) is 10.2. The molecule has 0 saturated carbocycles. The zero-order chi connectivity index (χ0) is 18.8. The molecular formula is C19H22N4O2S2. The summed E-state index contributed by atoms with van der Waals surface area (Å²) in [7, 11) is 1.66. The molecule has 1 saturated heterocycles. The van der Waals surface area contributed by atoms with Crippen molar-refractivity contribution < 1.29 is 9.84 Å². The van der Waals surface area contributed by atoms with Crippen LogP contribution in [0, 0.1) is 4.77 Å². The van der Waals surface area contributed by atoms with E-state index in [-0.39, 0.29) is 6.10 Å². The number of para-hydroxylation sites is 2. The molecule has 3 heterocycles. The Hall–Kier alpha value is -2.00. The lowest BCUT2D eigenvalue weighted by molar-refractivity contribution is 0.0651. The Kier molecular flexibility index (Phi) is 5.40. The average Bonchev–Trinajstić information content (AvgIpc) is 3.32. The average molecular weight is 403 g/mol. The molecule has 0 bridgehead atoms. The lowest BCUT2D eigenvalue weighted by Gasteiger charge is -2.28. The zero-order valence-electron chi connectivity index (χ0n) is 15.1. The molecule has 1 aromatic carbocycles. The molecule has 1 N–H and O–H groups in total. The number of rotatable bonds is 5. The van der Waals surface area contributed by atoms with Gasteiger partial charge in [0.05, 0.1) is 30.4 Å². The van der Waals surface area contributed by atoms with Gasteiger partial charge in [0.2, 0.25) is 4.77 Å². The van der Waals surface area contributed by atoms with Crippen LogP contribution in [0.4, 0.5) is 0 Å². The van der Waals surface area contributed by atoms with E-state index in [0.29, 0.717) is 11.4 Å². The zero-order valence-corrected chi connectivity index (χ0v) is 16.7. The van der Waals surface area contributed by atoms with Gasteiger partial charge in [-0.1, -0.05) is 18.2 Å². The minimum absolute atomic E-state index is 0.193. The number of aliphatic hydroxyl groups excluding tert-OH is 1. The lowest BCUT2D eigenvalue weighted by Crippen LogP contribution is -2.37. The van der Waals surface area contributed by atoms with Crippen LogP contribution in [0.5, 0.6) is 5.75 Å². The van der Waals surface area contributed by atoms with Gasteiger partial charge in [-0.25, -0.2) is 4.68 Å². The van der Waals surface area contributed by atoms with E-state index >= 15 is 0 Å². The van der Waals surface area contributed by atoms with Crippen molar-refractivity contribution in [2.45, 2.75) is 25.6 Å². The fourth-order valence-corrected chi connectivity index (χ4v) is 4.33. The number of ether oxygens (including phenoxy) is 1. The standard InChI is InChI=1S/C19H22N4O2S2/c1-25-16-6-3-2-5-15(16)23-18(17-7-4-12-27-17)20-22(19(23)26)13-21-10-8-14(24)9-11-21/h2-7,12,14,24H,8-11,13H2,1H3. The highest BCUT2D eigenvalue weighted by atomic mass is 32.1. The third kappa shape index (κ3) is 3.70. The highest BCUT2D eigenvalue weighted by Gasteiger charge is 2.21. The number of thiophene rings is 1. The number of nitrogens with zero attached hydrogens (tertiary/aromatic N) is 4. The maximum atomic E-state index is 9.74. The molecule has 1 aliphatic heterocycles. The van der Waals surface area contributed by atoms with Crippen molar-refractivity contribution in [1.29, 1.82) is 0 Å². The van der Waals surface area contributed by atoms with Crippen LogP contribution in [0.1, 0.15) is 12.8 Å². The van der Waals surface area contributed by atoms with Crippen LogP contribution in [-0.4, -0.2) is 50.7 Å². The molecule has 4 rings (SSSR count). The monoisotopic (exact) mass is 402 g/mol. The predicted octanol–water partition coefficient (Wildman–Crippen LogP) is 3.55. The summed E-state index contributed by atoms with van der Waals surface area (Å²) in [5, 5.41) is 16.6. The van der Waals surface area contributed by atoms with Gasteiger partial charge in [0.15, 0.2) is 5.82 Å². The Morgan fingerprint density at radius 2 is 2.00 bits per heavy atom. The summed E-state index contributed by atoms with van der Waals surface area (Å²) in [4.78, 5) is 3.33. The van der Waals surface area contributed by atoms with Gasteiger partial charge in [0.1, 0.15) is 5.75 Å². The molecule has 3 aromatic rings. The van der Waals surface area contributed by atoms with E-state index in [1.54, 1.807) is 18.4 Å². The summed E-state index contributed by atoms with van der Waals surface area (Å²) < 4.78 is 10.0. The predicted molar refractivity (Wildman–Crippen MR) is 109 cm³/mol. The summed E-state index contributed by atoms with van der Waals surface area (Å²) in [5.41, 5.74) is 0.883. The maximum absolute atomic E-state index is 9.74. The SMILES string of the molecule is COc1ccccc1-n1c(-c2cccs2)nn(CN2CCC(O)CC2)c1=S. The lowest BCUT2D eigenvalue weighted by atomic mass is 10.1. The van der Waals surface area contributed by atoms with Crippen molar-refractivity contribution in [2.24, 2.45) is 0 Å². The van der Waals surface area contributed by atoms with Crippen LogP contribution < -0.4 is 4.74 Å². The second kappa shape index (κ2) is 7.93. The first-order chi connectivity index (χ1) is 13.2. The van der Waals surface area contributed by atoms with Gasteiger partial charge in [0.25, 0.3) is 0 Å². The maximum Gasteiger partial charge on any atom is 0.204 e. The smallest absolute Gasteiger partial charge is 0.204 e. The van der Waals surface area contributed by atoms with E-state index in [1.807, 2.05) is 45.0 Å². The summed E-state index contributed by atoms with van der Waals surface area (Å²) in [6, 6.07) is 11.9. The van der Waals surface area contributed by atoms with Crippen molar-refractivity contribution >= 4 is 23.6 Å². The first-order valence-electron chi connectivity index (χ1n) is 8.95. The Balaban J connectivity index is 1.78. The molecule has 0 spiro atoms. The number of aromatic nitrogens is 3. The molecule has 0 radical (unpaired) electrons. The van der Waals surface area contributed by atoms with E-state index < -0.39 is 0 Å². The van der Waals surface area contributed by atoms with E-state index in [1.165, 1.54) is 0 Å².